The molecule has 2 aromatic carbocycles. The van der Waals surface area contributed by atoms with Crippen LogP contribution < -0.4 is 20.1 Å². The maximum Gasteiger partial charge on any atom is 0.274 e. The Kier molecular flexibility index (Phi) is 6.68. The van der Waals surface area contributed by atoms with E-state index >= 15 is 0 Å². The van der Waals surface area contributed by atoms with Crippen molar-refractivity contribution in [2.75, 3.05) is 31.4 Å². The van der Waals surface area contributed by atoms with Crippen LogP contribution in [0.2, 0.25) is 0 Å². The number of nitrogens with zero attached hydrogens (tertiary/aromatic N) is 1. The highest BCUT2D eigenvalue weighted by Crippen LogP contribution is 2.25. The van der Waals surface area contributed by atoms with Crippen molar-refractivity contribution in [1.29, 1.82) is 0 Å². The molecule has 0 unspecified atom stereocenters. The summed E-state index contributed by atoms with van der Waals surface area (Å²) in [5.74, 6) is 1.17. The SMILES string of the molecule is COc1cccc(CCNc2ccnc(C(=O)Nc3cc(C)ccc3OC)c2)c1. The first-order valence-corrected chi connectivity index (χ1v) is 9.38. The van der Waals surface area contributed by atoms with E-state index in [1.165, 1.54) is 5.56 Å². The van der Waals surface area contributed by atoms with Gasteiger partial charge >= 0.3 is 0 Å². The average Bonchev–Trinajstić information content (AvgIpc) is 2.74. The third kappa shape index (κ3) is 5.48. The predicted octanol–water partition coefficient (Wildman–Crippen LogP) is 4.31. The second-order valence-electron chi connectivity index (χ2n) is 6.62. The number of rotatable bonds is 8. The Bertz CT molecular complexity index is 989. The van der Waals surface area contributed by atoms with E-state index in [2.05, 4.69) is 21.7 Å². The van der Waals surface area contributed by atoms with Gasteiger partial charge in [0, 0.05) is 18.4 Å². The number of nitrogens with one attached hydrogen (secondary N) is 2. The van der Waals surface area contributed by atoms with E-state index in [1.54, 1.807) is 26.5 Å². The van der Waals surface area contributed by atoms with Gasteiger partial charge in [0.2, 0.25) is 0 Å². The molecule has 1 aromatic heterocycles. The molecule has 0 atom stereocenters. The Balaban J connectivity index is 1.63. The van der Waals surface area contributed by atoms with Gasteiger partial charge in [0.25, 0.3) is 5.91 Å². The summed E-state index contributed by atoms with van der Waals surface area (Å²) in [5, 5.41) is 6.21. The third-order valence-electron chi connectivity index (χ3n) is 4.47. The van der Waals surface area contributed by atoms with Gasteiger partial charge in [0.05, 0.1) is 19.9 Å². The molecule has 0 fully saturated rings. The van der Waals surface area contributed by atoms with Crippen LogP contribution in [0.25, 0.3) is 0 Å². The summed E-state index contributed by atoms with van der Waals surface area (Å²) in [5.41, 5.74) is 4.00. The van der Waals surface area contributed by atoms with Crippen LogP contribution in [0.15, 0.2) is 60.8 Å². The van der Waals surface area contributed by atoms with Gasteiger partial charge in [-0.25, -0.2) is 0 Å². The molecule has 6 heteroatoms. The quantitative estimate of drug-likeness (QED) is 0.598. The molecule has 0 radical (unpaired) electrons. The van der Waals surface area contributed by atoms with E-state index in [9.17, 15) is 4.79 Å². The summed E-state index contributed by atoms with van der Waals surface area (Å²) in [6.07, 6.45) is 2.46. The third-order valence-corrected chi connectivity index (χ3v) is 4.47. The molecule has 29 heavy (non-hydrogen) atoms. The smallest absolute Gasteiger partial charge is 0.274 e. The maximum absolute atomic E-state index is 12.6. The largest absolute Gasteiger partial charge is 0.497 e. The van der Waals surface area contributed by atoms with Gasteiger partial charge in [-0.2, -0.15) is 0 Å². The predicted molar refractivity (Wildman–Crippen MR) is 115 cm³/mol. The molecule has 0 aliphatic heterocycles. The highest BCUT2D eigenvalue weighted by Gasteiger charge is 2.12. The van der Waals surface area contributed by atoms with Crippen molar-refractivity contribution in [3.8, 4) is 11.5 Å². The zero-order chi connectivity index (χ0) is 20.6. The van der Waals surface area contributed by atoms with Crippen LogP contribution in [0.4, 0.5) is 11.4 Å². The Morgan fingerprint density at radius 1 is 1.03 bits per heavy atom. The Morgan fingerprint density at radius 2 is 1.90 bits per heavy atom. The molecule has 0 saturated heterocycles. The minimum atomic E-state index is -0.287. The van der Waals surface area contributed by atoms with Crippen LogP contribution >= 0.6 is 0 Å². The number of ether oxygens (including phenoxy) is 2. The average molecular weight is 391 g/mol. The molecule has 1 amide bonds. The van der Waals surface area contributed by atoms with Gasteiger partial charge in [0.1, 0.15) is 17.2 Å². The highest BCUT2D eigenvalue weighted by molar-refractivity contribution is 6.04. The van der Waals surface area contributed by atoms with Gasteiger partial charge in [-0.3, -0.25) is 9.78 Å². The number of anilines is 2. The van der Waals surface area contributed by atoms with Crippen LogP contribution in [-0.4, -0.2) is 31.7 Å². The van der Waals surface area contributed by atoms with Crippen molar-refractivity contribution in [1.82, 2.24) is 4.98 Å². The fraction of sp³-hybridized carbons (Fsp3) is 0.217. The number of amides is 1. The molecule has 3 rings (SSSR count). The maximum atomic E-state index is 12.6. The van der Waals surface area contributed by atoms with Crippen molar-refractivity contribution in [3.63, 3.8) is 0 Å². The first-order chi connectivity index (χ1) is 14.1. The molecule has 0 spiro atoms. The number of hydrogen-bond donors (Lipinski definition) is 2. The van der Waals surface area contributed by atoms with E-state index in [0.29, 0.717) is 17.1 Å². The van der Waals surface area contributed by atoms with Crippen LogP contribution in [0.5, 0.6) is 11.5 Å². The molecule has 2 N–H and O–H groups in total. The first kappa shape index (κ1) is 20.2. The molecule has 0 bridgehead atoms. The van der Waals surface area contributed by atoms with Gasteiger partial charge in [-0.1, -0.05) is 18.2 Å². The molecule has 0 aliphatic rings. The lowest BCUT2D eigenvalue weighted by Crippen LogP contribution is -2.15. The molecule has 6 nitrogen and oxygen atoms in total. The van der Waals surface area contributed by atoms with Crippen molar-refractivity contribution in [3.05, 3.63) is 77.6 Å². The van der Waals surface area contributed by atoms with Gasteiger partial charge in [-0.05, 0) is 60.9 Å². The van der Waals surface area contributed by atoms with Gasteiger partial charge in [0.15, 0.2) is 0 Å². The summed E-state index contributed by atoms with van der Waals surface area (Å²) in [6.45, 7) is 2.68. The lowest BCUT2D eigenvalue weighted by atomic mass is 10.1. The normalized spacial score (nSPS) is 10.3. The second-order valence-corrected chi connectivity index (χ2v) is 6.62. The number of carbonyl (C=O) groups excluding carboxylic acids is 1. The first-order valence-electron chi connectivity index (χ1n) is 9.38. The number of methoxy groups -OCH3 is 2. The summed E-state index contributed by atoms with van der Waals surface area (Å²) in [7, 11) is 3.23. The van der Waals surface area contributed by atoms with Gasteiger partial charge in [-0.15, -0.1) is 0 Å². The van der Waals surface area contributed by atoms with Crippen molar-refractivity contribution < 1.29 is 14.3 Å². The van der Waals surface area contributed by atoms with Crippen molar-refractivity contribution in [2.24, 2.45) is 0 Å². The lowest BCUT2D eigenvalue weighted by molar-refractivity contribution is 0.102. The van der Waals surface area contributed by atoms with Crippen LogP contribution in [0, 0.1) is 6.92 Å². The Hall–Kier alpha value is -3.54. The summed E-state index contributed by atoms with van der Waals surface area (Å²) < 4.78 is 10.6. The van der Waals surface area contributed by atoms with E-state index in [-0.39, 0.29) is 5.91 Å². The number of aromatic nitrogens is 1. The minimum absolute atomic E-state index is 0.287. The molecule has 0 aliphatic carbocycles. The van der Waals surface area contributed by atoms with E-state index in [4.69, 9.17) is 9.47 Å². The highest BCUT2D eigenvalue weighted by atomic mass is 16.5. The van der Waals surface area contributed by atoms with Crippen LogP contribution in [0.3, 0.4) is 0 Å². The molecule has 0 saturated carbocycles. The molecule has 3 aromatic rings. The zero-order valence-electron chi connectivity index (χ0n) is 16.9. The van der Waals surface area contributed by atoms with E-state index < -0.39 is 0 Å². The van der Waals surface area contributed by atoms with Crippen molar-refractivity contribution in [2.45, 2.75) is 13.3 Å². The fourth-order valence-electron chi connectivity index (χ4n) is 2.95. The van der Waals surface area contributed by atoms with Crippen LogP contribution in [0.1, 0.15) is 21.6 Å². The Morgan fingerprint density at radius 3 is 2.69 bits per heavy atom. The van der Waals surface area contributed by atoms with Gasteiger partial charge < -0.3 is 20.1 Å². The number of benzene rings is 2. The summed E-state index contributed by atoms with van der Waals surface area (Å²) >= 11 is 0. The number of carbonyl (C=O) groups is 1. The lowest BCUT2D eigenvalue weighted by Gasteiger charge is -2.12. The summed E-state index contributed by atoms with van der Waals surface area (Å²) in [6, 6.07) is 17.2. The molecular weight excluding hydrogens is 366 g/mol. The summed E-state index contributed by atoms with van der Waals surface area (Å²) in [4.78, 5) is 16.8. The molecule has 1 heterocycles. The van der Waals surface area contributed by atoms with Crippen LogP contribution in [-0.2, 0) is 6.42 Å². The topological polar surface area (TPSA) is 72.5 Å². The van der Waals surface area contributed by atoms with Crippen molar-refractivity contribution >= 4 is 17.3 Å². The standard InChI is InChI=1S/C23H25N3O3/c1-16-7-8-22(29-3)20(13-16)26-23(27)21-15-18(10-12-25-21)24-11-9-17-5-4-6-19(14-17)28-2/h4-8,10,12-15H,9,11H2,1-3H3,(H,24,25)(H,26,27). The number of hydrogen-bond acceptors (Lipinski definition) is 5. The minimum Gasteiger partial charge on any atom is -0.497 e. The molecular formula is C23H25N3O3. The number of pyridine rings is 1. The van der Waals surface area contributed by atoms with E-state index in [0.717, 1.165) is 30.0 Å². The second kappa shape index (κ2) is 9.59. The molecule has 150 valence electrons. The monoisotopic (exact) mass is 391 g/mol. The zero-order valence-corrected chi connectivity index (χ0v) is 16.9. The fourth-order valence-corrected chi connectivity index (χ4v) is 2.95. The van der Waals surface area contributed by atoms with E-state index in [1.807, 2.05) is 49.4 Å². The number of aryl methyl sites for hydroxylation is 1. The Labute approximate surface area is 170 Å².